The van der Waals surface area contributed by atoms with Gasteiger partial charge < -0.3 is 4.90 Å². The minimum Gasteiger partial charge on any atom is -0.377 e. The van der Waals surface area contributed by atoms with E-state index in [0.717, 1.165) is 12.2 Å². The summed E-state index contributed by atoms with van der Waals surface area (Å²) in [5.41, 5.74) is 1.43. The highest BCUT2D eigenvalue weighted by Gasteiger charge is 2.17. The minimum absolute atomic E-state index is 0.223. The molecule has 0 amide bonds. The van der Waals surface area contributed by atoms with Crippen LogP contribution in [0.2, 0.25) is 0 Å². The first-order valence-corrected chi connectivity index (χ1v) is 5.35. The predicted molar refractivity (Wildman–Crippen MR) is 61.2 cm³/mol. The number of nitrogens with zero attached hydrogens (tertiary/aromatic N) is 1. The molecule has 1 aliphatic heterocycles. The third-order valence-corrected chi connectivity index (χ3v) is 2.82. The molecule has 0 aromatic heterocycles. The van der Waals surface area contributed by atoms with Crippen LogP contribution in [0.5, 0.6) is 0 Å². The highest BCUT2D eigenvalue weighted by atomic mass is 19.1. The third-order valence-electron chi connectivity index (χ3n) is 2.82. The molecule has 2 rings (SSSR count). The van der Waals surface area contributed by atoms with Crippen LogP contribution in [0, 0.1) is 5.82 Å². The van der Waals surface area contributed by atoms with Crippen molar-refractivity contribution < 1.29 is 9.18 Å². The van der Waals surface area contributed by atoms with Gasteiger partial charge >= 0.3 is 0 Å². The zero-order chi connectivity index (χ0) is 11.5. The van der Waals surface area contributed by atoms with E-state index in [9.17, 15) is 9.18 Å². The summed E-state index contributed by atoms with van der Waals surface area (Å²) in [6, 6.07) is 6.60. The van der Waals surface area contributed by atoms with Crippen molar-refractivity contribution >= 4 is 11.9 Å². The third kappa shape index (κ3) is 2.30. The fraction of sp³-hybridized carbons (Fsp3) is 0.308. The monoisotopic (exact) mass is 219 g/mol. The Morgan fingerprint density at radius 2 is 2.12 bits per heavy atom. The van der Waals surface area contributed by atoms with Gasteiger partial charge in [0.05, 0.1) is 0 Å². The van der Waals surface area contributed by atoms with Gasteiger partial charge in [0, 0.05) is 37.7 Å². The number of halogens is 1. The molecule has 1 aromatic rings. The first kappa shape index (κ1) is 10.9. The van der Waals surface area contributed by atoms with Crippen LogP contribution in [0.1, 0.15) is 18.4 Å². The average molecular weight is 219 g/mol. The quantitative estimate of drug-likeness (QED) is 0.723. The van der Waals surface area contributed by atoms with E-state index < -0.39 is 0 Å². The maximum atomic E-state index is 13.4. The summed E-state index contributed by atoms with van der Waals surface area (Å²) < 4.78 is 13.4. The number of carbonyl (C=O) groups is 1. The Morgan fingerprint density at radius 3 is 2.88 bits per heavy atom. The van der Waals surface area contributed by atoms with Crippen LogP contribution < -0.4 is 0 Å². The van der Waals surface area contributed by atoms with Crippen LogP contribution >= 0.6 is 0 Å². The molecule has 0 spiro atoms. The molecule has 3 heteroatoms. The molecule has 84 valence electrons. The van der Waals surface area contributed by atoms with Gasteiger partial charge in [0.25, 0.3) is 0 Å². The maximum absolute atomic E-state index is 13.4. The molecule has 0 N–H and O–H groups in total. The van der Waals surface area contributed by atoms with E-state index in [4.69, 9.17) is 0 Å². The van der Waals surface area contributed by atoms with Crippen molar-refractivity contribution in [2.45, 2.75) is 12.8 Å². The van der Waals surface area contributed by atoms with E-state index in [0.29, 0.717) is 18.4 Å². The standard InChI is InChI=1S/C13H14FNO/c1-15-7-6-12(16)9-11(15)8-10-4-2-3-5-13(10)14/h2-5,8H,6-7,9H2,1H3/b11-8+. The number of Topliss-reactive ketones (excluding diaryl/α,β-unsaturated/α-hetero) is 1. The van der Waals surface area contributed by atoms with E-state index in [1.54, 1.807) is 24.3 Å². The summed E-state index contributed by atoms with van der Waals surface area (Å²) in [5, 5.41) is 0. The van der Waals surface area contributed by atoms with E-state index in [-0.39, 0.29) is 11.6 Å². The molecule has 2 nitrogen and oxygen atoms in total. The molecule has 1 saturated heterocycles. The normalized spacial score (nSPS) is 19.2. The predicted octanol–water partition coefficient (Wildman–Crippen LogP) is 2.46. The van der Waals surface area contributed by atoms with E-state index >= 15 is 0 Å². The van der Waals surface area contributed by atoms with Crippen LogP contribution in [-0.2, 0) is 4.79 Å². The second kappa shape index (κ2) is 4.47. The van der Waals surface area contributed by atoms with Gasteiger partial charge in [-0.15, -0.1) is 0 Å². The Labute approximate surface area is 94.4 Å². The van der Waals surface area contributed by atoms with Crippen LogP contribution in [0.4, 0.5) is 4.39 Å². The van der Waals surface area contributed by atoms with Crippen molar-refractivity contribution in [3.63, 3.8) is 0 Å². The lowest BCUT2D eigenvalue weighted by molar-refractivity contribution is -0.120. The molecule has 0 bridgehead atoms. The average Bonchev–Trinajstić information content (AvgIpc) is 2.27. The number of ketones is 1. The molecule has 16 heavy (non-hydrogen) atoms. The molecule has 0 saturated carbocycles. The number of allylic oxidation sites excluding steroid dienone is 1. The number of piperidine rings is 1. The van der Waals surface area contributed by atoms with Crippen molar-refractivity contribution in [1.29, 1.82) is 0 Å². The highest BCUT2D eigenvalue weighted by molar-refractivity contribution is 5.83. The number of hydrogen-bond acceptors (Lipinski definition) is 2. The number of carbonyl (C=O) groups excluding carboxylic acids is 1. The Balaban J connectivity index is 2.29. The fourth-order valence-corrected chi connectivity index (χ4v) is 1.79. The van der Waals surface area contributed by atoms with Crippen molar-refractivity contribution in [3.8, 4) is 0 Å². The fourth-order valence-electron chi connectivity index (χ4n) is 1.79. The Hall–Kier alpha value is -1.64. The van der Waals surface area contributed by atoms with Crippen molar-refractivity contribution in [1.82, 2.24) is 4.90 Å². The Morgan fingerprint density at radius 1 is 1.38 bits per heavy atom. The Kier molecular flexibility index (Phi) is 3.04. The van der Waals surface area contributed by atoms with Crippen LogP contribution in [0.15, 0.2) is 30.0 Å². The van der Waals surface area contributed by atoms with Crippen molar-refractivity contribution in [2.24, 2.45) is 0 Å². The van der Waals surface area contributed by atoms with Crippen molar-refractivity contribution in [2.75, 3.05) is 13.6 Å². The van der Waals surface area contributed by atoms with Gasteiger partial charge in [0.15, 0.2) is 0 Å². The van der Waals surface area contributed by atoms with Crippen LogP contribution in [0.3, 0.4) is 0 Å². The minimum atomic E-state index is -0.249. The van der Waals surface area contributed by atoms with Gasteiger partial charge in [-0.1, -0.05) is 18.2 Å². The Bertz CT molecular complexity index is 439. The van der Waals surface area contributed by atoms with Crippen molar-refractivity contribution in [3.05, 3.63) is 41.3 Å². The summed E-state index contributed by atoms with van der Waals surface area (Å²) in [4.78, 5) is 13.3. The molecule has 0 unspecified atom stereocenters. The van der Waals surface area contributed by atoms with Gasteiger partial charge in [0.2, 0.25) is 0 Å². The van der Waals surface area contributed by atoms with Crippen LogP contribution in [0.25, 0.3) is 6.08 Å². The topological polar surface area (TPSA) is 20.3 Å². The van der Waals surface area contributed by atoms with Gasteiger partial charge in [-0.3, -0.25) is 4.79 Å². The summed E-state index contributed by atoms with van der Waals surface area (Å²) in [6.07, 6.45) is 2.75. The molecular weight excluding hydrogens is 205 g/mol. The highest BCUT2D eigenvalue weighted by Crippen LogP contribution is 2.20. The van der Waals surface area contributed by atoms with E-state index in [2.05, 4.69) is 0 Å². The second-order valence-electron chi connectivity index (χ2n) is 4.04. The van der Waals surface area contributed by atoms with Gasteiger partial charge in [-0.2, -0.15) is 0 Å². The first-order chi connectivity index (χ1) is 7.66. The summed E-state index contributed by atoms with van der Waals surface area (Å²) in [5.74, 6) is -0.0258. The molecule has 1 fully saturated rings. The summed E-state index contributed by atoms with van der Waals surface area (Å²) in [7, 11) is 1.93. The lowest BCUT2D eigenvalue weighted by Crippen LogP contribution is -2.28. The summed E-state index contributed by atoms with van der Waals surface area (Å²) >= 11 is 0. The molecule has 1 heterocycles. The van der Waals surface area contributed by atoms with Gasteiger partial charge in [-0.25, -0.2) is 4.39 Å². The van der Waals surface area contributed by atoms with Gasteiger partial charge in [0.1, 0.15) is 11.6 Å². The van der Waals surface area contributed by atoms with E-state index in [1.807, 2.05) is 11.9 Å². The lowest BCUT2D eigenvalue weighted by Gasteiger charge is -2.26. The molecule has 0 aliphatic carbocycles. The SMILES string of the molecule is CN1CCC(=O)C/C1=C\c1ccccc1F. The number of benzene rings is 1. The lowest BCUT2D eigenvalue weighted by atomic mass is 10.0. The number of rotatable bonds is 1. The number of likely N-dealkylation sites (tertiary alicyclic amines) is 1. The zero-order valence-corrected chi connectivity index (χ0v) is 9.24. The zero-order valence-electron chi connectivity index (χ0n) is 9.24. The van der Waals surface area contributed by atoms with Crippen LogP contribution in [-0.4, -0.2) is 24.3 Å². The molecule has 0 radical (unpaired) electrons. The van der Waals surface area contributed by atoms with Gasteiger partial charge in [-0.05, 0) is 12.1 Å². The molecule has 0 atom stereocenters. The first-order valence-electron chi connectivity index (χ1n) is 5.35. The van der Waals surface area contributed by atoms with E-state index in [1.165, 1.54) is 6.07 Å². The maximum Gasteiger partial charge on any atom is 0.140 e. The summed E-state index contributed by atoms with van der Waals surface area (Å²) in [6.45, 7) is 0.721. The second-order valence-corrected chi connectivity index (χ2v) is 4.04. The molecule has 1 aromatic carbocycles. The smallest absolute Gasteiger partial charge is 0.140 e. The molecular formula is C13H14FNO. The largest absolute Gasteiger partial charge is 0.377 e. The molecule has 1 aliphatic rings. The number of hydrogen-bond donors (Lipinski definition) is 0.